The van der Waals surface area contributed by atoms with Crippen LogP contribution in [0.5, 0.6) is 0 Å². The topological polar surface area (TPSA) is 72.7 Å². The van der Waals surface area contributed by atoms with Gasteiger partial charge in [-0.2, -0.15) is 0 Å². The van der Waals surface area contributed by atoms with Crippen LogP contribution in [0, 0.1) is 6.92 Å². The normalized spacial score (nSPS) is 10.5. The number of anilines is 1. The minimum Gasteiger partial charge on any atom is -0.444 e. The fourth-order valence-electron chi connectivity index (χ4n) is 2.20. The molecule has 3 aromatic rings. The van der Waals surface area contributed by atoms with Crippen LogP contribution < -0.4 is 10.9 Å². The first kappa shape index (κ1) is 14.8. The van der Waals surface area contributed by atoms with Crippen LogP contribution in [0.25, 0.3) is 5.65 Å². The van der Waals surface area contributed by atoms with E-state index in [-0.39, 0.29) is 17.9 Å². The van der Waals surface area contributed by atoms with E-state index in [1.54, 1.807) is 12.3 Å². The Hall–Kier alpha value is -3.15. The van der Waals surface area contributed by atoms with E-state index in [9.17, 15) is 9.59 Å². The Labute approximate surface area is 132 Å². The molecule has 6 heteroatoms. The monoisotopic (exact) mass is 309 g/mol. The molecule has 1 aromatic carbocycles. The van der Waals surface area contributed by atoms with Crippen molar-refractivity contribution in [1.29, 1.82) is 0 Å². The molecule has 0 aliphatic carbocycles. The molecule has 0 aliphatic rings. The third-order valence-electron chi connectivity index (χ3n) is 3.38. The lowest BCUT2D eigenvalue weighted by Gasteiger charge is -2.08. The first-order chi connectivity index (χ1) is 11.1. The third-order valence-corrected chi connectivity index (χ3v) is 3.38. The maximum absolute atomic E-state index is 12.3. The number of hydrogen-bond acceptors (Lipinski definition) is 4. The van der Waals surface area contributed by atoms with Crippen LogP contribution in [0.15, 0.2) is 59.7 Å². The van der Waals surface area contributed by atoms with E-state index >= 15 is 0 Å². The van der Waals surface area contributed by atoms with Crippen LogP contribution in [-0.2, 0) is 11.3 Å². The van der Waals surface area contributed by atoms with Crippen molar-refractivity contribution < 1.29 is 9.53 Å². The number of carbonyl (C=O) groups excluding carboxylic acids is 1. The predicted molar refractivity (Wildman–Crippen MR) is 86.4 cm³/mol. The van der Waals surface area contributed by atoms with Crippen molar-refractivity contribution in [2.24, 2.45) is 0 Å². The Morgan fingerprint density at radius 2 is 2.00 bits per heavy atom. The molecule has 0 saturated carbocycles. The van der Waals surface area contributed by atoms with E-state index in [1.807, 2.05) is 43.3 Å². The second kappa shape index (κ2) is 6.31. The van der Waals surface area contributed by atoms with Gasteiger partial charge in [0.05, 0.1) is 6.20 Å². The second-order valence-corrected chi connectivity index (χ2v) is 5.05. The molecule has 0 aliphatic heterocycles. The molecule has 2 aromatic heterocycles. The molecule has 0 atom stereocenters. The van der Waals surface area contributed by atoms with E-state index in [1.165, 1.54) is 10.6 Å². The van der Waals surface area contributed by atoms with Gasteiger partial charge < -0.3 is 4.74 Å². The number of aryl methyl sites for hydroxylation is 1. The van der Waals surface area contributed by atoms with E-state index in [0.29, 0.717) is 5.65 Å². The Morgan fingerprint density at radius 3 is 2.78 bits per heavy atom. The number of rotatable bonds is 3. The average Bonchev–Trinajstić information content (AvgIpc) is 2.57. The van der Waals surface area contributed by atoms with Gasteiger partial charge in [0, 0.05) is 6.20 Å². The van der Waals surface area contributed by atoms with Crippen LogP contribution in [-0.4, -0.2) is 15.5 Å². The van der Waals surface area contributed by atoms with Crippen LogP contribution in [0.2, 0.25) is 0 Å². The average molecular weight is 309 g/mol. The molecular formula is C17H15N3O3. The fourth-order valence-corrected chi connectivity index (χ4v) is 2.20. The zero-order valence-electron chi connectivity index (χ0n) is 12.5. The first-order valence-corrected chi connectivity index (χ1v) is 7.10. The smallest absolute Gasteiger partial charge is 0.412 e. The summed E-state index contributed by atoms with van der Waals surface area (Å²) in [5.74, 6) is 0. The molecule has 2 heterocycles. The first-order valence-electron chi connectivity index (χ1n) is 7.10. The minimum absolute atomic E-state index is 0.0751. The quantitative estimate of drug-likeness (QED) is 0.807. The standard InChI is InChI=1S/C17H15N3O3/c1-12-6-5-9-20-15(12)18-10-14(16(20)21)19-17(22)23-11-13-7-3-2-4-8-13/h2-10H,11H2,1H3,(H,19,22). The molecule has 1 N–H and O–H groups in total. The van der Waals surface area contributed by atoms with Gasteiger partial charge in [-0.3, -0.25) is 14.5 Å². The van der Waals surface area contributed by atoms with Gasteiger partial charge in [0.25, 0.3) is 5.56 Å². The van der Waals surface area contributed by atoms with Gasteiger partial charge in [-0.15, -0.1) is 0 Å². The largest absolute Gasteiger partial charge is 0.444 e. The summed E-state index contributed by atoms with van der Waals surface area (Å²) in [6.45, 7) is 2.00. The van der Waals surface area contributed by atoms with Gasteiger partial charge in [-0.1, -0.05) is 36.4 Å². The number of amides is 1. The summed E-state index contributed by atoms with van der Waals surface area (Å²) >= 11 is 0. The number of carbonyl (C=O) groups is 1. The lowest BCUT2D eigenvalue weighted by Crippen LogP contribution is -2.24. The molecule has 23 heavy (non-hydrogen) atoms. The number of hydrogen-bond donors (Lipinski definition) is 1. The zero-order chi connectivity index (χ0) is 16.2. The summed E-state index contributed by atoms with van der Waals surface area (Å²) in [5.41, 5.74) is 2.02. The third kappa shape index (κ3) is 3.21. The number of ether oxygens (including phenoxy) is 1. The van der Waals surface area contributed by atoms with E-state index in [2.05, 4.69) is 10.3 Å². The van der Waals surface area contributed by atoms with Crippen LogP contribution >= 0.6 is 0 Å². The zero-order valence-corrected chi connectivity index (χ0v) is 12.5. The number of nitrogens with zero attached hydrogens (tertiary/aromatic N) is 2. The van der Waals surface area contributed by atoms with Gasteiger partial charge in [-0.05, 0) is 24.1 Å². The molecular weight excluding hydrogens is 294 g/mol. The Morgan fingerprint density at radius 1 is 1.22 bits per heavy atom. The van der Waals surface area contributed by atoms with Crippen molar-refractivity contribution in [3.63, 3.8) is 0 Å². The van der Waals surface area contributed by atoms with Crippen molar-refractivity contribution in [3.05, 3.63) is 76.3 Å². The molecule has 1 amide bonds. The van der Waals surface area contributed by atoms with Gasteiger partial charge in [-0.25, -0.2) is 9.78 Å². The van der Waals surface area contributed by atoms with Gasteiger partial charge in [0.1, 0.15) is 17.9 Å². The highest BCUT2D eigenvalue weighted by molar-refractivity contribution is 5.84. The van der Waals surface area contributed by atoms with Gasteiger partial charge in [0.2, 0.25) is 0 Å². The number of aromatic nitrogens is 2. The Bertz CT molecular complexity index is 904. The number of pyridine rings is 1. The lowest BCUT2D eigenvalue weighted by molar-refractivity contribution is 0.155. The van der Waals surface area contributed by atoms with Crippen molar-refractivity contribution in [2.75, 3.05) is 5.32 Å². The summed E-state index contributed by atoms with van der Waals surface area (Å²) in [6.07, 6.45) is 2.26. The Kier molecular flexibility index (Phi) is 4.05. The van der Waals surface area contributed by atoms with Crippen LogP contribution in [0.4, 0.5) is 10.5 Å². The minimum atomic E-state index is -0.694. The van der Waals surface area contributed by atoms with Crippen molar-refractivity contribution in [1.82, 2.24) is 9.38 Å². The summed E-state index contributed by atoms with van der Waals surface area (Å²) in [7, 11) is 0. The molecule has 0 bridgehead atoms. The highest BCUT2D eigenvalue weighted by Crippen LogP contribution is 2.07. The highest BCUT2D eigenvalue weighted by Gasteiger charge is 2.10. The van der Waals surface area contributed by atoms with Crippen LogP contribution in [0.3, 0.4) is 0 Å². The Balaban J connectivity index is 1.75. The van der Waals surface area contributed by atoms with Crippen molar-refractivity contribution in [2.45, 2.75) is 13.5 Å². The molecule has 6 nitrogen and oxygen atoms in total. The van der Waals surface area contributed by atoms with Crippen molar-refractivity contribution in [3.8, 4) is 0 Å². The number of fused-ring (bicyclic) bond motifs is 1. The summed E-state index contributed by atoms with van der Waals surface area (Å²) in [4.78, 5) is 28.4. The summed E-state index contributed by atoms with van der Waals surface area (Å²) < 4.78 is 6.49. The van der Waals surface area contributed by atoms with Gasteiger partial charge in [0.15, 0.2) is 0 Å². The molecule has 0 saturated heterocycles. The van der Waals surface area contributed by atoms with E-state index < -0.39 is 6.09 Å². The van der Waals surface area contributed by atoms with Crippen LogP contribution in [0.1, 0.15) is 11.1 Å². The molecule has 0 spiro atoms. The van der Waals surface area contributed by atoms with Gasteiger partial charge >= 0.3 is 6.09 Å². The summed E-state index contributed by atoms with van der Waals surface area (Å²) in [5, 5.41) is 2.44. The molecule has 3 rings (SSSR count). The SMILES string of the molecule is Cc1cccn2c(=O)c(NC(=O)OCc3ccccc3)cnc12. The van der Waals surface area contributed by atoms with Crippen molar-refractivity contribution >= 4 is 17.4 Å². The maximum Gasteiger partial charge on any atom is 0.412 e. The number of nitrogens with one attached hydrogen (secondary N) is 1. The second-order valence-electron chi connectivity index (χ2n) is 5.05. The summed E-state index contributed by atoms with van der Waals surface area (Å²) in [6, 6.07) is 12.9. The number of benzene rings is 1. The fraction of sp³-hybridized carbons (Fsp3) is 0.118. The van der Waals surface area contributed by atoms with E-state index in [0.717, 1.165) is 11.1 Å². The lowest BCUT2D eigenvalue weighted by atomic mass is 10.2. The van der Waals surface area contributed by atoms with E-state index in [4.69, 9.17) is 4.74 Å². The predicted octanol–water partition coefficient (Wildman–Crippen LogP) is 2.75. The molecule has 116 valence electrons. The highest BCUT2D eigenvalue weighted by atomic mass is 16.5. The maximum atomic E-state index is 12.3. The molecule has 0 fully saturated rings. The molecule has 0 radical (unpaired) electrons. The molecule has 0 unspecified atom stereocenters.